The van der Waals surface area contributed by atoms with Crippen molar-refractivity contribution in [3.05, 3.63) is 51.5 Å². The van der Waals surface area contributed by atoms with Gasteiger partial charge in [-0.1, -0.05) is 34.8 Å². The van der Waals surface area contributed by atoms with E-state index in [4.69, 9.17) is 40.5 Å². The molecule has 0 atom stereocenters. The number of nitrogens with zero attached hydrogens (tertiary/aromatic N) is 2. The van der Waals surface area contributed by atoms with Crippen LogP contribution in [0.1, 0.15) is 0 Å². The van der Waals surface area contributed by atoms with Crippen LogP contribution in [-0.4, -0.2) is 15.2 Å². The summed E-state index contributed by atoms with van der Waals surface area (Å²) in [5.74, 6) is 1.04. The zero-order chi connectivity index (χ0) is 15.0. The zero-order valence-corrected chi connectivity index (χ0v) is 12.8. The Labute approximate surface area is 135 Å². The lowest BCUT2D eigenvalue weighted by Crippen LogP contribution is -1.88. The molecule has 0 aliphatic carbocycles. The van der Waals surface area contributed by atoms with Crippen molar-refractivity contribution in [1.29, 1.82) is 0 Å². The number of hydrogen-bond acceptors (Lipinski definition) is 3. The lowest BCUT2D eigenvalue weighted by Gasteiger charge is -2.01. The van der Waals surface area contributed by atoms with Gasteiger partial charge in [0, 0.05) is 16.1 Å². The first kappa shape index (κ1) is 14.2. The van der Waals surface area contributed by atoms with Crippen molar-refractivity contribution in [2.45, 2.75) is 0 Å². The highest BCUT2D eigenvalue weighted by Gasteiger charge is 2.12. The molecule has 0 spiro atoms. The van der Waals surface area contributed by atoms with Gasteiger partial charge in [0.1, 0.15) is 0 Å². The number of anilines is 1. The van der Waals surface area contributed by atoms with E-state index >= 15 is 0 Å². The van der Waals surface area contributed by atoms with Gasteiger partial charge in [0.25, 0.3) is 0 Å². The third kappa shape index (κ3) is 2.83. The molecular weight excluding hydrogens is 331 g/mol. The summed E-state index contributed by atoms with van der Waals surface area (Å²) < 4.78 is 0. The zero-order valence-electron chi connectivity index (χ0n) is 10.6. The molecule has 3 N–H and O–H groups in total. The second kappa shape index (κ2) is 5.56. The first-order valence-electron chi connectivity index (χ1n) is 5.98. The molecule has 106 valence electrons. The largest absolute Gasteiger partial charge is 0.398 e. The van der Waals surface area contributed by atoms with E-state index in [0.717, 1.165) is 5.56 Å². The highest BCUT2D eigenvalue weighted by atomic mass is 35.5. The topological polar surface area (TPSA) is 67.6 Å². The average molecular weight is 340 g/mol. The van der Waals surface area contributed by atoms with Crippen molar-refractivity contribution in [2.24, 2.45) is 0 Å². The van der Waals surface area contributed by atoms with Crippen LogP contribution in [0.2, 0.25) is 15.1 Å². The molecule has 0 saturated carbocycles. The SMILES string of the molecule is Nc1cc(-c2n[nH]c(-c3cc(Cl)ccc3Cl)n2)ccc1Cl. The average Bonchev–Trinajstić information content (AvgIpc) is 2.94. The monoisotopic (exact) mass is 338 g/mol. The Kier molecular flexibility index (Phi) is 3.76. The summed E-state index contributed by atoms with van der Waals surface area (Å²) in [5, 5.41) is 8.62. The molecule has 0 aliphatic heterocycles. The van der Waals surface area contributed by atoms with E-state index in [-0.39, 0.29) is 0 Å². The molecule has 4 nitrogen and oxygen atoms in total. The molecule has 0 aliphatic rings. The van der Waals surface area contributed by atoms with Gasteiger partial charge in [0.2, 0.25) is 0 Å². The summed E-state index contributed by atoms with van der Waals surface area (Å²) >= 11 is 18.0. The van der Waals surface area contributed by atoms with Crippen molar-refractivity contribution >= 4 is 40.5 Å². The summed E-state index contributed by atoms with van der Waals surface area (Å²) in [5.41, 5.74) is 7.70. The van der Waals surface area contributed by atoms with Gasteiger partial charge in [0.05, 0.1) is 15.7 Å². The van der Waals surface area contributed by atoms with Crippen LogP contribution in [0.4, 0.5) is 5.69 Å². The Morgan fingerprint density at radius 1 is 0.952 bits per heavy atom. The van der Waals surface area contributed by atoms with Crippen LogP contribution in [0.15, 0.2) is 36.4 Å². The Morgan fingerprint density at radius 2 is 1.71 bits per heavy atom. The number of rotatable bonds is 2. The van der Waals surface area contributed by atoms with Crippen LogP contribution >= 0.6 is 34.8 Å². The van der Waals surface area contributed by atoms with Crippen molar-refractivity contribution in [1.82, 2.24) is 15.2 Å². The van der Waals surface area contributed by atoms with Gasteiger partial charge >= 0.3 is 0 Å². The normalized spacial score (nSPS) is 10.8. The molecule has 3 aromatic rings. The predicted molar refractivity (Wildman–Crippen MR) is 86.7 cm³/mol. The van der Waals surface area contributed by atoms with E-state index in [2.05, 4.69) is 15.2 Å². The second-order valence-electron chi connectivity index (χ2n) is 4.37. The van der Waals surface area contributed by atoms with E-state index in [9.17, 15) is 0 Å². The Hall–Kier alpha value is -1.75. The molecular formula is C14H9Cl3N4. The van der Waals surface area contributed by atoms with Gasteiger partial charge in [-0.15, -0.1) is 0 Å². The van der Waals surface area contributed by atoms with Crippen molar-refractivity contribution in [3.63, 3.8) is 0 Å². The molecule has 1 heterocycles. The molecule has 21 heavy (non-hydrogen) atoms. The first-order valence-corrected chi connectivity index (χ1v) is 7.11. The van der Waals surface area contributed by atoms with E-state index in [1.807, 2.05) is 0 Å². The van der Waals surface area contributed by atoms with Gasteiger partial charge < -0.3 is 5.73 Å². The van der Waals surface area contributed by atoms with Crippen molar-refractivity contribution < 1.29 is 0 Å². The van der Waals surface area contributed by atoms with E-state index in [0.29, 0.717) is 38.0 Å². The Balaban J connectivity index is 2.03. The van der Waals surface area contributed by atoms with Crippen LogP contribution in [0.25, 0.3) is 22.8 Å². The Bertz CT molecular complexity index is 814. The minimum Gasteiger partial charge on any atom is -0.398 e. The van der Waals surface area contributed by atoms with Crippen molar-refractivity contribution in [2.75, 3.05) is 5.73 Å². The van der Waals surface area contributed by atoms with Gasteiger partial charge in [-0.3, -0.25) is 5.10 Å². The fraction of sp³-hybridized carbons (Fsp3) is 0. The molecule has 0 radical (unpaired) electrons. The minimum atomic E-state index is 0.473. The van der Waals surface area contributed by atoms with E-state index < -0.39 is 0 Å². The highest BCUT2D eigenvalue weighted by molar-refractivity contribution is 6.35. The third-order valence-corrected chi connectivity index (χ3v) is 3.83. The van der Waals surface area contributed by atoms with Gasteiger partial charge in [-0.25, -0.2) is 4.98 Å². The molecule has 3 rings (SSSR count). The third-order valence-electron chi connectivity index (χ3n) is 2.92. The molecule has 0 amide bonds. The summed E-state index contributed by atoms with van der Waals surface area (Å²) in [6, 6.07) is 10.4. The Morgan fingerprint density at radius 3 is 2.48 bits per heavy atom. The molecule has 7 heteroatoms. The van der Waals surface area contributed by atoms with Crippen molar-refractivity contribution in [3.8, 4) is 22.8 Å². The number of hydrogen-bond donors (Lipinski definition) is 2. The number of aromatic amines is 1. The molecule has 2 aromatic carbocycles. The summed E-state index contributed by atoms with van der Waals surface area (Å²) in [7, 11) is 0. The quantitative estimate of drug-likeness (QED) is 0.666. The number of benzene rings is 2. The maximum atomic E-state index is 6.15. The van der Waals surface area contributed by atoms with Crippen LogP contribution in [0.5, 0.6) is 0 Å². The predicted octanol–water partition coefficient (Wildman–Crippen LogP) is 4.68. The van der Waals surface area contributed by atoms with Crippen LogP contribution in [-0.2, 0) is 0 Å². The fourth-order valence-electron chi connectivity index (χ4n) is 1.87. The molecule has 0 saturated heterocycles. The standard InChI is InChI=1S/C14H9Cl3N4/c15-8-2-4-10(16)9(6-8)14-19-13(20-21-14)7-1-3-11(17)12(18)5-7/h1-6H,18H2,(H,19,20,21). The maximum Gasteiger partial charge on any atom is 0.181 e. The van der Waals surface area contributed by atoms with Gasteiger partial charge in [0.15, 0.2) is 11.6 Å². The summed E-state index contributed by atoms with van der Waals surface area (Å²) in [4.78, 5) is 4.42. The number of halogens is 3. The maximum absolute atomic E-state index is 6.15. The minimum absolute atomic E-state index is 0.473. The van der Waals surface area contributed by atoms with Crippen LogP contribution < -0.4 is 5.73 Å². The summed E-state index contributed by atoms with van der Waals surface area (Å²) in [6.07, 6.45) is 0. The number of nitrogens with two attached hydrogens (primary N) is 1. The van der Waals surface area contributed by atoms with E-state index in [1.165, 1.54) is 0 Å². The first-order chi connectivity index (χ1) is 10.0. The van der Waals surface area contributed by atoms with Gasteiger partial charge in [-0.05, 0) is 36.4 Å². The number of nitrogens with one attached hydrogen (secondary N) is 1. The number of H-pyrrole nitrogens is 1. The number of nitrogen functional groups attached to an aromatic ring is 1. The molecule has 1 aromatic heterocycles. The highest BCUT2D eigenvalue weighted by Crippen LogP contribution is 2.30. The molecule has 0 fully saturated rings. The lowest BCUT2D eigenvalue weighted by atomic mass is 10.2. The lowest BCUT2D eigenvalue weighted by molar-refractivity contribution is 1.10. The van der Waals surface area contributed by atoms with Crippen LogP contribution in [0, 0.1) is 0 Å². The van der Waals surface area contributed by atoms with Gasteiger partial charge in [-0.2, -0.15) is 5.10 Å². The summed E-state index contributed by atoms with van der Waals surface area (Å²) in [6.45, 7) is 0. The smallest absolute Gasteiger partial charge is 0.181 e. The molecule has 0 bridgehead atoms. The second-order valence-corrected chi connectivity index (χ2v) is 5.62. The van der Waals surface area contributed by atoms with Crippen LogP contribution in [0.3, 0.4) is 0 Å². The van der Waals surface area contributed by atoms with E-state index in [1.54, 1.807) is 36.4 Å². The number of aromatic nitrogens is 3. The fourth-order valence-corrected chi connectivity index (χ4v) is 2.37. The molecule has 0 unspecified atom stereocenters.